The molecule has 1 unspecified atom stereocenters. The van der Waals surface area contributed by atoms with Crippen LogP contribution in [0.1, 0.15) is 36.8 Å². The number of carbonyl (C=O) groups excluding carboxylic acids is 1. The van der Waals surface area contributed by atoms with E-state index in [1.165, 1.54) is 0 Å². The fraction of sp³-hybridized carbons (Fsp3) is 0.316. The summed E-state index contributed by atoms with van der Waals surface area (Å²) < 4.78 is 5.91. The molecule has 0 fully saturated rings. The second kappa shape index (κ2) is 6.84. The molecule has 2 aromatic rings. The van der Waals surface area contributed by atoms with Crippen LogP contribution in [0, 0.1) is 0 Å². The molecule has 3 rings (SSSR count). The third-order valence-corrected chi connectivity index (χ3v) is 4.13. The van der Waals surface area contributed by atoms with Crippen molar-refractivity contribution < 1.29 is 14.6 Å². The Hall–Kier alpha value is -2.33. The van der Waals surface area contributed by atoms with Crippen LogP contribution in [0.4, 0.5) is 0 Å². The molecule has 0 saturated heterocycles. The first-order chi connectivity index (χ1) is 11.2. The molecular weight excluding hydrogens is 290 g/mol. The Morgan fingerprint density at radius 2 is 1.70 bits per heavy atom. The van der Waals surface area contributed by atoms with Crippen LogP contribution in [0.15, 0.2) is 48.5 Å². The van der Waals surface area contributed by atoms with Gasteiger partial charge < -0.3 is 15.2 Å². The smallest absolute Gasteiger partial charge is 0.232 e. The van der Waals surface area contributed by atoms with Crippen LogP contribution >= 0.6 is 0 Å². The van der Waals surface area contributed by atoms with Crippen molar-refractivity contribution >= 4 is 5.91 Å². The van der Waals surface area contributed by atoms with Gasteiger partial charge in [0.1, 0.15) is 11.5 Å². The van der Waals surface area contributed by atoms with Gasteiger partial charge in [-0.15, -0.1) is 0 Å². The minimum Gasteiger partial charge on any atom is -0.457 e. The van der Waals surface area contributed by atoms with Gasteiger partial charge in [0.15, 0.2) is 0 Å². The number of aliphatic hydroxyl groups is 1. The Balaban J connectivity index is 1.90. The highest BCUT2D eigenvalue weighted by Crippen LogP contribution is 2.43. The number of hydrogen-bond donors (Lipinski definition) is 2. The molecule has 1 amide bonds. The van der Waals surface area contributed by atoms with Gasteiger partial charge in [-0.25, -0.2) is 0 Å². The van der Waals surface area contributed by atoms with Crippen molar-refractivity contribution in [2.24, 2.45) is 0 Å². The number of carbonyl (C=O) groups is 1. The first-order valence-corrected chi connectivity index (χ1v) is 7.97. The maximum Gasteiger partial charge on any atom is 0.232 e. The summed E-state index contributed by atoms with van der Waals surface area (Å²) in [5, 5.41) is 12.0. The lowest BCUT2D eigenvalue weighted by molar-refractivity contribution is -0.122. The van der Waals surface area contributed by atoms with Crippen LogP contribution < -0.4 is 10.1 Å². The number of amides is 1. The van der Waals surface area contributed by atoms with Crippen LogP contribution in [0.3, 0.4) is 0 Å². The molecule has 1 atom stereocenters. The summed E-state index contributed by atoms with van der Waals surface area (Å²) in [5.74, 6) is 1.06. The molecule has 1 aliphatic rings. The maximum absolute atomic E-state index is 12.9. The average molecular weight is 311 g/mol. The quantitative estimate of drug-likeness (QED) is 0.891. The molecule has 0 aromatic heterocycles. The largest absolute Gasteiger partial charge is 0.457 e. The van der Waals surface area contributed by atoms with Crippen molar-refractivity contribution in [3.05, 3.63) is 59.7 Å². The Kier molecular flexibility index (Phi) is 4.63. The second-order valence-corrected chi connectivity index (χ2v) is 5.89. The first-order valence-electron chi connectivity index (χ1n) is 7.97. The summed E-state index contributed by atoms with van der Waals surface area (Å²) in [6.45, 7) is 2.11. The summed E-state index contributed by atoms with van der Waals surface area (Å²) in [6.07, 6.45) is 1.44. The van der Waals surface area contributed by atoms with Gasteiger partial charge in [0, 0.05) is 23.8 Å². The van der Waals surface area contributed by atoms with E-state index < -0.39 is 0 Å². The van der Waals surface area contributed by atoms with E-state index in [0.717, 1.165) is 29.0 Å². The van der Waals surface area contributed by atoms with Crippen molar-refractivity contribution in [1.82, 2.24) is 5.32 Å². The third-order valence-electron chi connectivity index (χ3n) is 4.13. The van der Waals surface area contributed by atoms with Crippen molar-refractivity contribution in [2.75, 3.05) is 6.61 Å². The zero-order valence-corrected chi connectivity index (χ0v) is 13.2. The average Bonchev–Trinajstić information content (AvgIpc) is 2.57. The van der Waals surface area contributed by atoms with E-state index in [1.807, 2.05) is 55.5 Å². The van der Waals surface area contributed by atoms with Crippen molar-refractivity contribution in [3.63, 3.8) is 0 Å². The van der Waals surface area contributed by atoms with Gasteiger partial charge >= 0.3 is 0 Å². The number of aliphatic hydroxyl groups excluding tert-OH is 1. The van der Waals surface area contributed by atoms with E-state index in [1.54, 1.807) is 0 Å². The van der Waals surface area contributed by atoms with Gasteiger partial charge in [0.2, 0.25) is 5.91 Å². The van der Waals surface area contributed by atoms with Gasteiger partial charge in [0.05, 0.1) is 5.92 Å². The number of benzene rings is 2. The van der Waals surface area contributed by atoms with Gasteiger partial charge in [-0.3, -0.25) is 4.79 Å². The van der Waals surface area contributed by atoms with Gasteiger partial charge in [0.25, 0.3) is 0 Å². The van der Waals surface area contributed by atoms with Gasteiger partial charge in [-0.1, -0.05) is 36.4 Å². The zero-order chi connectivity index (χ0) is 16.2. The fourth-order valence-electron chi connectivity index (χ4n) is 2.99. The van der Waals surface area contributed by atoms with Crippen molar-refractivity contribution in [2.45, 2.75) is 31.7 Å². The highest BCUT2D eigenvalue weighted by atomic mass is 16.5. The molecular formula is C19H21NO3. The van der Waals surface area contributed by atoms with Crippen LogP contribution in [-0.4, -0.2) is 23.7 Å². The molecule has 2 N–H and O–H groups in total. The van der Waals surface area contributed by atoms with E-state index in [9.17, 15) is 4.79 Å². The maximum atomic E-state index is 12.9. The molecule has 0 spiro atoms. The second-order valence-electron chi connectivity index (χ2n) is 5.89. The molecule has 0 aliphatic carbocycles. The predicted molar refractivity (Wildman–Crippen MR) is 88.7 cm³/mol. The van der Waals surface area contributed by atoms with Crippen LogP contribution in [0.5, 0.6) is 11.5 Å². The predicted octanol–water partition coefficient (Wildman–Crippen LogP) is 3.20. The monoisotopic (exact) mass is 311 g/mol. The van der Waals surface area contributed by atoms with Crippen molar-refractivity contribution in [1.29, 1.82) is 0 Å². The Labute approximate surface area is 136 Å². The third kappa shape index (κ3) is 3.22. The molecule has 4 nitrogen and oxygen atoms in total. The molecule has 4 heteroatoms. The molecule has 0 radical (unpaired) electrons. The molecule has 0 bridgehead atoms. The molecule has 120 valence electrons. The molecule has 23 heavy (non-hydrogen) atoms. The minimum atomic E-state index is -0.368. The molecule has 1 aliphatic heterocycles. The summed E-state index contributed by atoms with van der Waals surface area (Å²) >= 11 is 0. The molecule has 1 heterocycles. The number of fused-ring (bicyclic) bond motifs is 2. The lowest BCUT2D eigenvalue weighted by atomic mass is 9.87. The van der Waals surface area contributed by atoms with E-state index >= 15 is 0 Å². The summed E-state index contributed by atoms with van der Waals surface area (Å²) in [7, 11) is 0. The van der Waals surface area contributed by atoms with E-state index in [-0.39, 0.29) is 24.5 Å². The number of nitrogens with one attached hydrogen (secondary N) is 1. The molecule has 2 aromatic carbocycles. The van der Waals surface area contributed by atoms with Gasteiger partial charge in [-0.2, -0.15) is 0 Å². The van der Waals surface area contributed by atoms with Crippen LogP contribution in [-0.2, 0) is 4.79 Å². The number of para-hydroxylation sites is 2. The Morgan fingerprint density at radius 1 is 1.13 bits per heavy atom. The Bertz CT molecular complexity index is 653. The highest BCUT2D eigenvalue weighted by Gasteiger charge is 2.32. The lowest BCUT2D eigenvalue weighted by Gasteiger charge is -2.28. The standard InChI is InChI=1S/C19H21NO3/c1-13(7-6-12-21)20-19(22)18-14-8-2-4-10-16(14)23-17-11-5-3-9-15(17)18/h2-5,8-11,13,18,21H,6-7,12H2,1H3,(H,20,22). The lowest BCUT2D eigenvalue weighted by Crippen LogP contribution is -2.37. The normalized spacial score (nSPS) is 14.3. The van der Waals surface area contributed by atoms with E-state index in [2.05, 4.69) is 5.32 Å². The number of ether oxygens (including phenoxy) is 1. The van der Waals surface area contributed by atoms with Gasteiger partial charge in [-0.05, 0) is 31.9 Å². The van der Waals surface area contributed by atoms with Crippen molar-refractivity contribution in [3.8, 4) is 11.5 Å². The van der Waals surface area contributed by atoms with Crippen LogP contribution in [0.25, 0.3) is 0 Å². The summed E-state index contributed by atoms with van der Waals surface area (Å²) in [5.41, 5.74) is 1.77. The topological polar surface area (TPSA) is 58.6 Å². The summed E-state index contributed by atoms with van der Waals surface area (Å²) in [6, 6.07) is 15.3. The summed E-state index contributed by atoms with van der Waals surface area (Å²) in [4.78, 5) is 12.9. The minimum absolute atomic E-state index is 0.0248. The SMILES string of the molecule is CC(CCCO)NC(=O)C1c2ccccc2Oc2ccccc21. The highest BCUT2D eigenvalue weighted by molar-refractivity contribution is 5.89. The first kappa shape index (κ1) is 15.6. The fourth-order valence-corrected chi connectivity index (χ4v) is 2.99. The van der Waals surface area contributed by atoms with Crippen LogP contribution in [0.2, 0.25) is 0 Å². The Morgan fingerprint density at radius 3 is 2.26 bits per heavy atom. The molecule has 0 saturated carbocycles. The zero-order valence-electron chi connectivity index (χ0n) is 13.2. The number of rotatable bonds is 5. The number of hydrogen-bond acceptors (Lipinski definition) is 3. The van der Waals surface area contributed by atoms with E-state index in [0.29, 0.717) is 6.42 Å². The van der Waals surface area contributed by atoms with E-state index in [4.69, 9.17) is 9.84 Å².